The zero-order valence-corrected chi connectivity index (χ0v) is 14.8. The Labute approximate surface area is 133 Å². The van der Waals surface area contributed by atoms with E-state index >= 15 is 0 Å². The van der Waals surface area contributed by atoms with Gasteiger partial charge in [-0.1, -0.05) is 58.5 Å². The number of carbonyl (C=O) groups is 1. The van der Waals surface area contributed by atoms with Crippen molar-refractivity contribution >= 4 is 17.7 Å². The Morgan fingerprint density at radius 1 is 1.10 bits per heavy atom. The fourth-order valence-electron chi connectivity index (χ4n) is 1.99. The molecule has 0 unspecified atom stereocenters. The largest absolute Gasteiger partial charge is 0.430 e. The Balaban J connectivity index is 2.96. The van der Waals surface area contributed by atoms with E-state index in [4.69, 9.17) is 4.74 Å². The molecule has 0 aliphatic heterocycles. The molecule has 0 radical (unpaired) electrons. The molecule has 0 bridgehead atoms. The molecule has 0 amide bonds. The Hall–Kier alpha value is -1.22. The summed E-state index contributed by atoms with van der Waals surface area (Å²) in [5, 5.41) is 0. The fourth-order valence-corrected chi connectivity index (χ4v) is 2.99. The van der Waals surface area contributed by atoms with Gasteiger partial charge in [-0.25, -0.2) is 0 Å². The summed E-state index contributed by atoms with van der Waals surface area (Å²) in [5.74, 6) is 0.538. The molecule has 0 aliphatic rings. The van der Waals surface area contributed by atoms with Crippen molar-refractivity contribution in [3.63, 3.8) is 0 Å². The summed E-state index contributed by atoms with van der Waals surface area (Å²) in [6.07, 6.45) is 1.60. The van der Waals surface area contributed by atoms with E-state index < -0.39 is 0 Å². The van der Waals surface area contributed by atoms with Gasteiger partial charge >= 0.3 is 5.97 Å². The van der Waals surface area contributed by atoms with Gasteiger partial charge in [0.2, 0.25) is 0 Å². The van der Waals surface area contributed by atoms with Crippen molar-refractivity contribution < 1.29 is 9.53 Å². The molecule has 116 valence electrons. The van der Waals surface area contributed by atoms with E-state index in [0.717, 1.165) is 23.5 Å². The molecule has 2 nitrogen and oxygen atoms in total. The van der Waals surface area contributed by atoms with E-state index in [-0.39, 0.29) is 11.4 Å². The van der Waals surface area contributed by atoms with E-state index in [9.17, 15) is 4.79 Å². The molecule has 0 heterocycles. The van der Waals surface area contributed by atoms with Gasteiger partial charge in [0.1, 0.15) is 5.76 Å². The summed E-state index contributed by atoms with van der Waals surface area (Å²) in [7, 11) is 0. The summed E-state index contributed by atoms with van der Waals surface area (Å²) >= 11 is 1.69. The highest BCUT2D eigenvalue weighted by atomic mass is 32.2. The summed E-state index contributed by atoms with van der Waals surface area (Å²) in [6.45, 7) is 12.2. The standard InChI is InChI=1S/C18H26O2S/c1-7-16(20-13(3)19)17(8-2)21-15-11-9-14(10-12-15)18(4,5)6/h9-12H,7-8H2,1-6H3/b17-16+. The first kappa shape index (κ1) is 17.8. The van der Waals surface area contributed by atoms with Crippen molar-refractivity contribution in [1.29, 1.82) is 0 Å². The van der Waals surface area contributed by atoms with Crippen LogP contribution in [-0.2, 0) is 14.9 Å². The molecule has 1 aromatic carbocycles. The summed E-state index contributed by atoms with van der Waals surface area (Å²) in [6, 6.07) is 8.63. The van der Waals surface area contributed by atoms with Crippen LogP contribution in [0, 0.1) is 0 Å². The second-order valence-corrected chi connectivity index (χ2v) is 7.19. The number of allylic oxidation sites excluding steroid dienone is 2. The van der Waals surface area contributed by atoms with Gasteiger partial charge < -0.3 is 4.74 Å². The maximum absolute atomic E-state index is 11.2. The molecular weight excluding hydrogens is 280 g/mol. The maximum Gasteiger partial charge on any atom is 0.307 e. The van der Waals surface area contributed by atoms with Crippen LogP contribution in [0.25, 0.3) is 0 Å². The molecule has 1 rings (SSSR count). The van der Waals surface area contributed by atoms with E-state index in [1.165, 1.54) is 17.4 Å². The number of thioether (sulfide) groups is 1. The molecule has 21 heavy (non-hydrogen) atoms. The Morgan fingerprint density at radius 2 is 1.67 bits per heavy atom. The second-order valence-electron chi connectivity index (χ2n) is 6.02. The van der Waals surface area contributed by atoms with Gasteiger partial charge in [0.05, 0.1) is 0 Å². The first-order valence-corrected chi connectivity index (χ1v) is 8.28. The van der Waals surface area contributed by atoms with Gasteiger partial charge in [-0.2, -0.15) is 0 Å². The number of rotatable bonds is 5. The van der Waals surface area contributed by atoms with E-state index in [2.05, 4.69) is 52.0 Å². The van der Waals surface area contributed by atoms with Crippen LogP contribution in [0.15, 0.2) is 39.8 Å². The third-order valence-electron chi connectivity index (χ3n) is 3.18. The van der Waals surface area contributed by atoms with E-state index in [1.54, 1.807) is 11.8 Å². The van der Waals surface area contributed by atoms with Crippen LogP contribution in [0.3, 0.4) is 0 Å². The number of hydrogen-bond donors (Lipinski definition) is 0. The highest BCUT2D eigenvalue weighted by Crippen LogP contribution is 2.34. The fraction of sp³-hybridized carbons (Fsp3) is 0.500. The lowest BCUT2D eigenvalue weighted by molar-refractivity contribution is -0.137. The normalized spacial score (nSPS) is 12.9. The Morgan fingerprint density at radius 3 is 2.05 bits per heavy atom. The highest BCUT2D eigenvalue weighted by Gasteiger charge is 2.14. The number of benzene rings is 1. The number of hydrogen-bond acceptors (Lipinski definition) is 3. The molecule has 0 spiro atoms. The average Bonchev–Trinajstić information content (AvgIpc) is 2.41. The lowest BCUT2D eigenvalue weighted by atomic mass is 9.87. The molecule has 3 heteroatoms. The van der Waals surface area contributed by atoms with Crippen LogP contribution in [-0.4, -0.2) is 5.97 Å². The minimum Gasteiger partial charge on any atom is -0.430 e. The van der Waals surface area contributed by atoms with Crippen LogP contribution in [0.4, 0.5) is 0 Å². The van der Waals surface area contributed by atoms with Crippen LogP contribution in [0.1, 0.15) is 59.9 Å². The zero-order valence-electron chi connectivity index (χ0n) is 13.9. The zero-order chi connectivity index (χ0) is 16.0. The Bertz CT molecular complexity index is 507. The molecule has 0 N–H and O–H groups in total. The van der Waals surface area contributed by atoms with Crippen LogP contribution >= 0.6 is 11.8 Å². The maximum atomic E-state index is 11.2. The van der Waals surface area contributed by atoms with Crippen LogP contribution < -0.4 is 0 Å². The van der Waals surface area contributed by atoms with Gasteiger partial charge in [0, 0.05) is 23.1 Å². The van der Waals surface area contributed by atoms with Gasteiger partial charge in [-0.3, -0.25) is 4.79 Å². The van der Waals surface area contributed by atoms with E-state index in [1.807, 2.05) is 6.92 Å². The molecule has 0 saturated carbocycles. The lowest BCUT2D eigenvalue weighted by Crippen LogP contribution is -2.10. The quantitative estimate of drug-likeness (QED) is 0.398. The third kappa shape index (κ3) is 5.58. The highest BCUT2D eigenvalue weighted by molar-refractivity contribution is 8.03. The minimum atomic E-state index is -0.249. The van der Waals surface area contributed by atoms with Crippen molar-refractivity contribution in [3.8, 4) is 0 Å². The molecule has 1 aromatic rings. The van der Waals surface area contributed by atoms with Crippen LogP contribution in [0.5, 0.6) is 0 Å². The predicted octanol–water partition coefficient (Wildman–Crippen LogP) is 5.67. The van der Waals surface area contributed by atoms with Crippen LogP contribution in [0.2, 0.25) is 0 Å². The molecule has 0 atom stereocenters. The number of esters is 1. The SMILES string of the molecule is CC/C(OC(C)=O)=C(/CC)Sc1ccc(C(C)(C)C)cc1. The first-order valence-electron chi connectivity index (χ1n) is 7.46. The van der Waals surface area contributed by atoms with Gasteiger partial charge in [0.15, 0.2) is 0 Å². The first-order chi connectivity index (χ1) is 9.77. The monoisotopic (exact) mass is 306 g/mol. The molecule has 0 aromatic heterocycles. The van der Waals surface area contributed by atoms with Crippen molar-refractivity contribution in [2.75, 3.05) is 0 Å². The molecular formula is C18H26O2S. The Kier molecular flexibility index (Phi) is 6.53. The molecule has 0 aliphatic carbocycles. The van der Waals surface area contributed by atoms with Crippen molar-refractivity contribution in [2.45, 2.75) is 64.7 Å². The second kappa shape index (κ2) is 7.69. The van der Waals surface area contributed by atoms with Gasteiger partial charge in [0.25, 0.3) is 0 Å². The molecule has 0 fully saturated rings. The van der Waals surface area contributed by atoms with Crippen molar-refractivity contribution in [2.24, 2.45) is 0 Å². The molecule has 0 saturated heterocycles. The topological polar surface area (TPSA) is 26.3 Å². The van der Waals surface area contributed by atoms with Gasteiger partial charge in [-0.15, -0.1) is 0 Å². The third-order valence-corrected chi connectivity index (χ3v) is 4.45. The summed E-state index contributed by atoms with van der Waals surface area (Å²) < 4.78 is 5.32. The number of carbonyl (C=O) groups excluding carboxylic acids is 1. The smallest absolute Gasteiger partial charge is 0.307 e. The summed E-state index contributed by atoms with van der Waals surface area (Å²) in [4.78, 5) is 13.5. The predicted molar refractivity (Wildman–Crippen MR) is 90.4 cm³/mol. The number of ether oxygens (including phenoxy) is 1. The lowest BCUT2D eigenvalue weighted by Gasteiger charge is -2.19. The summed E-state index contributed by atoms with van der Waals surface area (Å²) in [5.41, 5.74) is 1.49. The minimum absolute atomic E-state index is 0.166. The van der Waals surface area contributed by atoms with E-state index in [0.29, 0.717) is 0 Å². The van der Waals surface area contributed by atoms with Crippen molar-refractivity contribution in [3.05, 3.63) is 40.5 Å². The van der Waals surface area contributed by atoms with Gasteiger partial charge in [-0.05, 0) is 29.5 Å². The average molecular weight is 306 g/mol. The van der Waals surface area contributed by atoms with Crippen molar-refractivity contribution in [1.82, 2.24) is 0 Å².